The predicted octanol–water partition coefficient (Wildman–Crippen LogP) is 1.43. The molecule has 23 heavy (non-hydrogen) atoms. The topological polar surface area (TPSA) is 101 Å². The minimum atomic E-state index is -0.534. The molecule has 2 heterocycles. The second-order valence-electron chi connectivity index (χ2n) is 5.34. The first kappa shape index (κ1) is 15.0. The molecule has 1 saturated heterocycles. The second-order valence-corrected chi connectivity index (χ2v) is 5.34. The highest BCUT2D eigenvalue weighted by atomic mass is 16.2. The van der Waals surface area contributed by atoms with Crippen molar-refractivity contribution in [1.29, 1.82) is 0 Å². The SMILES string of the molecule is NC(=O)c1ccc(N2CCCC2)c(NC(=O)c2cnccn2)c1. The van der Waals surface area contributed by atoms with Gasteiger partial charge in [0.05, 0.1) is 17.6 Å². The van der Waals surface area contributed by atoms with Crippen molar-refractivity contribution < 1.29 is 9.59 Å². The lowest BCUT2D eigenvalue weighted by Gasteiger charge is -2.22. The number of nitrogens with one attached hydrogen (secondary N) is 1. The molecule has 0 radical (unpaired) electrons. The van der Waals surface area contributed by atoms with Crippen LogP contribution in [0.1, 0.15) is 33.7 Å². The van der Waals surface area contributed by atoms with E-state index < -0.39 is 5.91 Å². The van der Waals surface area contributed by atoms with Crippen molar-refractivity contribution in [2.24, 2.45) is 5.73 Å². The second kappa shape index (κ2) is 6.43. The molecular formula is C16H17N5O2. The number of hydrogen-bond donors (Lipinski definition) is 2. The Morgan fingerprint density at radius 1 is 1.17 bits per heavy atom. The first-order valence-corrected chi connectivity index (χ1v) is 7.41. The zero-order chi connectivity index (χ0) is 16.2. The third kappa shape index (κ3) is 3.28. The van der Waals surface area contributed by atoms with Crippen molar-refractivity contribution in [3.8, 4) is 0 Å². The minimum absolute atomic E-state index is 0.212. The van der Waals surface area contributed by atoms with Gasteiger partial charge in [0.2, 0.25) is 5.91 Å². The lowest BCUT2D eigenvalue weighted by Crippen LogP contribution is -2.22. The first-order chi connectivity index (χ1) is 11.1. The number of carbonyl (C=O) groups excluding carboxylic acids is 2. The largest absolute Gasteiger partial charge is 0.370 e. The van der Waals surface area contributed by atoms with Crippen LogP contribution in [-0.2, 0) is 0 Å². The molecule has 1 fully saturated rings. The predicted molar refractivity (Wildman–Crippen MR) is 86.4 cm³/mol. The van der Waals surface area contributed by atoms with E-state index in [9.17, 15) is 9.59 Å². The molecule has 0 saturated carbocycles. The zero-order valence-electron chi connectivity index (χ0n) is 12.5. The fourth-order valence-corrected chi connectivity index (χ4v) is 2.63. The van der Waals surface area contributed by atoms with Gasteiger partial charge in [-0.25, -0.2) is 4.98 Å². The van der Waals surface area contributed by atoms with Crippen LogP contribution < -0.4 is 16.0 Å². The third-order valence-electron chi connectivity index (χ3n) is 3.77. The van der Waals surface area contributed by atoms with Crippen LogP contribution in [0, 0.1) is 0 Å². The van der Waals surface area contributed by atoms with Crippen LogP contribution in [0.15, 0.2) is 36.8 Å². The summed E-state index contributed by atoms with van der Waals surface area (Å²) < 4.78 is 0. The molecule has 0 bridgehead atoms. The summed E-state index contributed by atoms with van der Waals surface area (Å²) in [5.74, 6) is -0.909. The summed E-state index contributed by atoms with van der Waals surface area (Å²) in [5.41, 5.74) is 7.34. The van der Waals surface area contributed by atoms with Gasteiger partial charge >= 0.3 is 0 Å². The standard InChI is InChI=1S/C16H17N5O2/c17-15(22)11-3-4-14(21-7-1-2-8-21)12(9-11)20-16(23)13-10-18-5-6-19-13/h3-6,9-10H,1-2,7-8H2,(H2,17,22)(H,20,23). The molecule has 118 valence electrons. The average Bonchev–Trinajstić information content (AvgIpc) is 3.09. The van der Waals surface area contributed by atoms with Gasteiger partial charge in [-0.1, -0.05) is 0 Å². The Bertz CT molecular complexity index is 727. The van der Waals surface area contributed by atoms with Crippen LogP contribution in [0.2, 0.25) is 0 Å². The van der Waals surface area contributed by atoms with Gasteiger partial charge in [0.25, 0.3) is 5.91 Å². The fraction of sp³-hybridized carbons (Fsp3) is 0.250. The number of hydrogen-bond acceptors (Lipinski definition) is 5. The Morgan fingerprint density at radius 3 is 2.61 bits per heavy atom. The van der Waals surface area contributed by atoms with E-state index in [-0.39, 0.29) is 11.6 Å². The summed E-state index contributed by atoms with van der Waals surface area (Å²) in [6.07, 6.45) is 6.56. The molecule has 7 nitrogen and oxygen atoms in total. The number of aromatic nitrogens is 2. The maximum atomic E-state index is 12.3. The summed E-state index contributed by atoms with van der Waals surface area (Å²) in [4.78, 5) is 33.8. The van der Waals surface area contributed by atoms with E-state index in [2.05, 4.69) is 20.2 Å². The monoisotopic (exact) mass is 311 g/mol. The quantitative estimate of drug-likeness (QED) is 0.889. The van der Waals surface area contributed by atoms with Crippen LogP contribution >= 0.6 is 0 Å². The zero-order valence-corrected chi connectivity index (χ0v) is 12.5. The molecule has 3 rings (SSSR count). The van der Waals surface area contributed by atoms with E-state index in [4.69, 9.17) is 5.73 Å². The van der Waals surface area contributed by atoms with Crippen molar-refractivity contribution >= 4 is 23.2 Å². The van der Waals surface area contributed by atoms with Gasteiger partial charge in [0.15, 0.2) is 0 Å². The van der Waals surface area contributed by atoms with Crippen LogP contribution in [0.4, 0.5) is 11.4 Å². The number of carbonyl (C=O) groups is 2. The van der Waals surface area contributed by atoms with Crippen molar-refractivity contribution in [3.63, 3.8) is 0 Å². The van der Waals surface area contributed by atoms with Gasteiger partial charge in [-0.3, -0.25) is 14.6 Å². The normalized spacial score (nSPS) is 13.8. The lowest BCUT2D eigenvalue weighted by molar-refractivity contribution is 0.0995. The van der Waals surface area contributed by atoms with Gasteiger partial charge < -0.3 is 16.0 Å². The van der Waals surface area contributed by atoms with Crippen molar-refractivity contribution in [2.45, 2.75) is 12.8 Å². The van der Waals surface area contributed by atoms with Gasteiger partial charge in [0, 0.05) is 31.0 Å². The molecule has 1 aliphatic heterocycles. The van der Waals surface area contributed by atoms with E-state index in [0.717, 1.165) is 31.6 Å². The molecule has 0 spiro atoms. The summed E-state index contributed by atoms with van der Waals surface area (Å²) in [6, 6.07) is 5.09. The van der Waals surface area contributed by atoms with Gasteiger partial charge in [-0.15, -0.1) is 0 Å². The van der Waals surface area contributed by atoms with Crippen LogP contribution in [-0.4, -0.2) is 34.9 Å². The summed E-state index contributed by atoms with van der Waals surface area (Å²) >= 11 is 0. The van der Waals surface area contributed by atoms with Crippen molar-refractivity contribution in [2.75, 3.05) is 23.3 Å². The molecule has 1 aromatic carbocycles. The molecule has 0 unspecified atom stereocenters. The number of nitrogens with zero attached hydrogens (tertiary/aromatic N) is 3. The lowest BCUT2D eigenvalue weighted by atomic mass is 10.1. The fourth-order valence-electron chi connectivity index (χ4n) is 2.63. The smallest absolute Gasteiger partial charge is 0.275 e. The van der Waals surface area contributed by atoms with Gasteiger partial charge in [-0.2, -0.15) is 0 Å². The Labute approximate surface area is 133 Å². The molecule has 2 aromatic rings. The van der Waals surface area contributed by atoms with E-state index in [0.29, 0.717) is 11.3 Å². The molecule has 7 heteroatoms. The molecular weight excluding hydrogens is 294 g/mol. The van der Waals surface area contributed by atoms with Crippen molar-refractivity contribution in [3.05, 3.63) is 48.0 Å². The van der Waals surface area contributed by atoms with E-state index >= 15 is 0 Å². The summed E-state index contributed by atoms with van der Waals surface area (Å²) in [5, 5.41) is 2.81. The van der Waals surface area contributed by atoms with E-state index in [1.165, 1.54) is 18.6 Å². The van der Waals surface area contributed by atoms with Crippen LogP contribution in [0.5, 0.6) is 0 Å². The van der Waals surface area contributed by atoms with Crippen LogP contribution in [0.3, 0.4) is 0 Å². The van der Waals surface area contributed by atoms with Crippen molar-refractivity contribution in [1.82, 2.24) is 9.97 Å². The molecule has 2 amide bonds. The Morgan fingerprint density at radius 2 is 1.96 bits per heavy atom. The first-order valence-electron chi connectivity index (χ1n) is 7.41. The Hall–Kier alpha value is -2.96. The Balaban J connectivity index is 1.92. The number of amides is 2. The van der Waals surface area contributed by atoms with E-state index in [1.807, 2.05) is 6.07 Å². The molecule has 3 N–H and O–H groups in total. The molecule has 0 aliphatic carbocycles. The number of anilines is 2. The average molecular weight is 311 g/mol. The number of nitrogens with two attached hydrogens (primary N) is 1. The summed E-state index contributed by atoms with van der Waals surface area (Å²) in [7, 11) is 0. The van der Waals surface area contributed by atoms with Crippen LogP contribution in [0.25, 0.3) is 0 Å². The maximum Gasteiger partial charge on any atom is 0.275 e. The molecule has 1 aliphatic rings. The highest BCUT2D eigenvalue weighted by Crippen LogP contribution is 2.30. The van der Waals surface area contributed by atoms with Gasteiger partial charge in [0.1, 0.15) is 5.69 Å². The summed E-state index contributed by atoms with van der Waals surface area (Å²) in [6.45, 7) is 1.84. The minimum Gasteiger partial charge on any atom is -0.370 e. The highest BCUT2D eigenvalue weighted by Gasteiger charge is 2.19. The Kier molecular flexibility index (Phi) is 4.18. The molecule has 1 aromatic heterocycles. The number of primary amides is 1. The third-order valence-corrected chi connectivity index (χ3v) is 3.77. The number of benzene rings is 1. The number of rotatable bonds is 4. The van der Waals surface area contributed by atoms with Gasteiger partial charge in [-0.05, 0) is 31.0 Å². The molecule has 0 atom stereocenters. The maximum absolute atomic E-state index is 12.3. The highest BCUT2D eigenvalue weighted by molar-refractivity contribution is 6.05. The van der Waals surface area contributed by atoms with E-state index in [1.54, 1.807) is 12.1 Å².